The third-order valence-electron chi connectivity index (χ3n) is 4.07. The number of thiophene rings is 1. The summed E-state index contributed by atoms with van der Waals surface area (Å²) in [6, 6.07) is 12.4. The Bertz CT molecular complexity index is 1100. The molecule has 0 amide bonds. The van der Waals surface area contributed by atoms with Crippen LogP contribution < -0.4 is 10.6 Å². The van der Waals surface area contributed by atoms with Gasteiger partial charge in [0.25, 0.3) is 0 Å². The van der Waals surface area contributed by atoms with Crippen molar-refractivity contribution >= 4 is 73.7 Å². The van der Waals surface area contributed by atoms with Crippen LogP contribution in [0.5, 0.6) is 0 Å². The normalized spacial score (nSPS) is 10.5. The van der Waals surface area contributed by atoms with E-state index in [-0.39, 0.29) is 5.97 Å². The first-order valence-corrected chi connectivity index (χ1v) is 10.7. The van der Waals surface area contributed by atoms with E-state index in [2.05, 4.69) is 10.6 Å². The lowest BCUT2D eigenvalue weighted by molar-refractivity contribution is 0.0504. The van der Waals surface area contributed by atoms with Crippen LogP contribution in [0.2, 0.25) is 5.02 Å². The zero-order valence-corrected chi connectivity index (χ0v) is 18.7. The Morgan fingerprint density at radius 3 is 2.40 bits per heavy atom. The van der Waals surface area contributed by atoms with Gasteiger partial charge < -0.3 is 20.1 Å². The highest BCUT2D eigenvalue weighted by molar-refractivity contribution is 7.80. The Morgan fingerprint density at radius 1 is 1.07 bits per heavy atom. The highest BCUT2D eigenvalue weighted by atomic mass is 35.5. The molecule has 30 heavy (non-hydrogen) atoms. The number of carbonyl (C=O) groups excluding carboxylic acids is 2. The van der Waals surface area contributed by atoms with Crippen molar-refractivity contribution in [2.24, 2.45) is 0 Å². The zero-order valence-electron chi connectivity index (χ0n) is 16.3. The highest BCUT2D eigenvalue weighted by Gasteiger charge is 2.17. The molecule has 0 spiro atoms. The number of rotatable bonds is 6. The van der Waals surface area contributed by atoms with Crippen LogP contribution in [0.3, 0.4) is 0 Å². The van der Waals surface area contributed by atoms with Crippen LogP contribution in [0.1, 0.15) is 33.4 Å². The van der Waals surface area contributed by atoms with Crippen molar-refractivity contribution < 1.29 is 19.1 Å². The molecule has 3 rings (SSSR count). The van der Waals surface area contributed by atoms with Crippen molar-refractivity contribution in [1.29, 1.82) is 0 Å². The molecule has 0 fully saturated rings. The van der Waals surface area contributed by atoms with E-state index in [0.717, 1.165) is 27.9 Å². The summed E-state index contributed by atoms with van der Waals surface area (Å²) < 4.78 is 10.7. The topological polar surface area (TPSA) is 76.7 Å². The third-order valence-corrected chi connectivity index (χ3v) is 5.92. The van der Waals surface area contributed by atoms with Gasteiger partial charge in [0, 0.05) is 21.5 Å². The molecule has 156 valence electrons. The third kappa shape index (κ3) is 5.08. The Labute approximate surface area is 188 Å². The summed E-state index contributed by atoms with van der Waals surface area (Å²) >= 11 is 12.9. The minimum absolute atomic E-state index is 0.349. The molecule has 0 aliphatic rings. The molecule has 6 nitrogen and oxygen atoms in total. The maximum atomic E-state index is 11.9. The van der Waals surface area contributed by atoms with Crippen LogP contribution in [-0.4, -0.2) is 30.8 Å². The van der Waals surface area contributed by atoms with Gasteiger partial charge in [0.15, 0.2) is 5.11 Å². The largest absolute Gasteiger partial charge is 0.465 e. The number of halogens is 1. The molecule has 0 saturated carbocycles. The second kappa shape index (κ2) is 9.88. The number of methoxy groups -OCH3 is 1. The summed E-state index contributed by atoms with van der Waals surface area (Å²) in [6.07, 6.45) is 0.777. The number of nitrogens with one attached hydrogen (secondary N) is 2. The lowest BCUT2D eigenvalue weighted by atomic mass is 10.2. The molecule has 2 N–H and O–H groups in total. The second-order valence-electron chi connectivity index (χ2n) is 6.24. The summed E-state index contributed by atoms with van der Waals surface area (Å²) in [7, 11) is 1.32. The summed E-state index contributed by atoms with van der Waals surface area (Å²) in [6.45, 7) is 2.34. The number of thiocarbonyl (C=S) groups is 1. The van der Waals surface area contributed by atoms with Gasteiger partial charge in [0.2, 0.25) is 0 Å². The first kappa shape index (κ1) is 22.0. The molecule has 2 aromatic carbocycles. The number of anilines is 2. The number of fused-ring (bicyclic) bond motifs is 1. The Morgan fingerprint density at radius 2 is 1.73 bits per heavy atom. The van der Waals surface area contributed by atoms with Crippen molar-refractivity contribution in [3.63, 3.8) is 0 Å². The van der Waals surface area contributed by atoms with Gasteiger partial charge >= 0.3 is 11.9 Å². The van der Waals surface area contributed by atoms with Crippen LogP contribution in [0.25, 0.3) is 10.1 Å². The van der Waals surface area contributed by atoms with Gasteiger partial charge in [-0.2, -0.15) is 0 Å². The number of hydrogen-bond acceptors (Lipinski definition) is 6. The fourth-order valence-electron chi connectivity index (χ4n) is 2.63. The van der Waals surface area contributed by atoms with Crippen molar-refractivity contribution in [3.05, 3.63) is 57.9 Å². The molecule has 0 unspecified atom stereocenters. The molecule has 3 aromatic rings. The van der Waals surface area contributed by atoms with Crippen LogP contribution in [0, 0.1) is 0 Å². The molecule has 0 saturated heterocycles. The van der Waals surface area contributed by atoms with Crippen molar-refractivity contribution in [3.8, 4) is 0 Å². The predicted molar refractivity (Wildman–Crippen MR) is 125 cm³/mol. The van der Waals surface area contributed by atoms with Gasteiger partial charge in [-0.05, 0) is 61.1 Å². The summed E-state index contributed by atoms with van der Waals surface area (Å²) in [5.41, 5.74) is 1.95. The number of benzene rings is 2. The number of hydrogen-bond donors (Lipinski definition) is 2. The fourth-order valence-corrected chi connectivity index (χ4v) is 4.33. The van der Waals surface area contributed by atoms with Gasteiger partial charge in [0.05, 0.1) is 24.3 Å². The molecule has 1 heterocycles. The lowest BCUT2D eigenvalue weighted by Gasteiger charge is -2.11. The molecule has 0 aliphatic heterocycles. The van der Waals surface area contributed by atoms with E-state index in [1.807, 2.05) is 25.1 Å². The zero-order chi connectivity index (χ0) is 21.7. The Balaban J connectivity index is 1.66. The van der Waals surface area contributed by atoms with E-state index in [4.69, 9.17) is 33.3 Å². The van der Waals surface area contributed by atoms with E-state index < -0.39 is 5.97 Å². The van der Waals surface area contributed by atoms with Crippen LogP contribution in [0.4, 0.5) is 11.4 Å². The smallest absolute Gasteiger partial charge is 0.349 e. The maximum Gasteiger partial charge on any atom is 0.349 e. The average molecular weight is 463 g/mol. The minimum Gasteiger partial charge on any atom is -0.465 e. The van der Waals surface area contributed by atoms with E-state index in [9.17, 15) is 9.59 Å². The number of esters is 2. The quantitative estimate of drug-likeness (QED) is 0.358. The van der Waals surface area contributed by atoms with E-state index >= 15 is 0 Å². The molecule has 1 aromatic heterocycles. The second-order valence-corrected chi connectivity index (χ2v) is 8.08. The standard InChI is InChI=1S/C21H19ClN2O4S2/c1-3-10-28-19(25)12-4-6-13(7-5-12)23-21(29)24-14-8-9-15-16(11-14)30-18(17(15)22)20(26)27-2/h4-9,11H,3,10H2,1-2H3,(H2,23,24,29). The summed E-state index contributed by atoms with van der Waals surface area (Å²) in [4.78, 5) is 24.0. The lowest BCUT2D eigenvalue weighted by Crippen LogP contribution is -2.19. The van der Waals surface area contributed by atoms with Crippen LogP contribution in [0.15, 0.2) is 42.5 Å². The van der Waals surface area contributed by atoms with Gasteiger partial charge in [0.1, 0.15) is 4.88 Å². The van der Waals surface area contributed by atoms with E-state index in [1.165, 1.54) is 18.4 Å². The molecule has 0 bridgehead atoms. The van der Waals surface area contributed by atoms with Gasteiger partial charge in [-0.3, -0.25) is 0 Å². The molecule has 0 atom stereocenters. The SMILES string of the molecule is CCCOC(=O)c1ccc(NC(=S)Nc2ccc3c(Cl)c(C(=O)OC)sc3c2)cc1. The highest BCUT2D eigenvalue weighted by Crippen LogP contribution is 2.37. The van der Waals surface area contributed by atoms with Crippen LogP contribution >= 0.6 is 35.2 Å². The average Bonchev–Trinajstić information content (AvgIpc) is 3.07. The number of ether oxygens (including phenoxy) is 2. The van der Waals surface area contributed by atoms with Crippen molar-refractivity contribution in [2.75, 3.05) is 24.4 Å². The predicted octanol–water partition coefficient (Wildman–Crippen LogP) is 5.72. The molecule has 0 aliphatic carbocycles. The fraction of sp³-hybridized carbons (Fsp3) is 0.190. The first-order valence-electron chi connectivity index (χ1n) is 9.08. The Hall–Kier alpha value is -2.68. The maximum absolute atomic E-state index is 11.9. The van der Waals surface area contributed by atoms with Gasteiger partial charge in [-0.15, -0.1) is 11.3 Å². The molecular formula is C21H19ClN2O4S2. The first-order chi connectivity index (χ1) is 14.4. The van der Waals surface area contributed by atoms with Crippen molar-refractivity contribution in [2.45, 2.75) is 13.3 Å². The number of carbonyl (C=O) groups is 2. The molecule has 9 heteroatoms. The summed E-state index contributed by atoms with van der Waals surface area (Å²) in [5.74, 6) is -0.812. The molecular weight excluding hydrogens is 444 g/mol. The minimum atomic E-state index is -0.463. The van der Waals surface area contributed by atoms with Gasteiger partial charge in [-0.25, -0.2) is 9.59 Å². The van der Waals surface area contributed by atoms with Gasteiger partial charge in [-0.1, -0.05) is 18.5 Å². The summed E-state index contributed by atoms with van der Waals surface area (Å²) in [5, 5.41) is 7.70. The van der Waals surface area contributed by atoms with Crippen LogP contribution in [-0.2, 0) is 9.47 Å². The Kier molecular flexibility index (Phi) is 7.25. The van der Waals surface area contributed by atoms with Crippen molar-refractivity contribution in [1.82, 2.24) is 0 Å². The van der Waals surface area contributed by atoms with E-state index in [1.54, 1.807) is 24.3 Å². The molecule has 0 radical (unpaired) electrons. The monoisotopic (exact) mass is 462 g/mol. The van der Waals surface area contributed by atoms with E-state index in [0.29, 0.717) is 27.2 Å².